The van der Waals surface area contributed by atoms with Gasteiger partial charge in [-0.05, 0) is 30.6 Å². The van der Waals surface area contributed by atoms with E-state index in [2.05, 4.69) is 11.4 Å². The van der Waals surface area contributed by atoms with Crippen LogP contribution in [0.2, 0.25) is 0 Å². The molecule has 0 aromatic rings. The van der Waals surface area contributed by atoms with Crippen LogP contribution in [-0.4, -0.2) is 17.4 Å². The van der Waals surface area contributed by atoms with Crippen LogP contribution < -0.4 is 0 Å². The molecule has 0 aromatic carbocycles. The van der Waals surface area contributed by atoms with Crippen LogP contribution in [0.1, 0.15) is 32.1 Å². The fourth-order valence-electron chi connectivity index (χ4n) is 1.50. The molecule has 10 heavy (non-hydrogen) atoms. The Morgan fingerprint density at radius 2 is 1.90 bits per heavy atom. The first kappa shape index (κ1) is 8.69. The SMILES string of the molecule is CN(SCl)C1CCCCC1. The van der Waals surface area contributed by atoms with Gasteiger partial charge in [0.05, 0.1) is 0 Å². The Bertz CT molecular complexity index is 93.6. The molecule has 1 saturated carbocycles. The molecule has 0 radical (unpaired) electrons. The number of rotatable bonds is 2. The fraction of sp³-hybridized carbons (Fsp3) is 1.00. The van der Waals surface area contributed by atoms with Gasteiger partial charge in [-0.15, -0.1) is 0 Å². The Morgan fingerprint density at radius 1 is 1.30 bits per heavy atom. The van der Waals surface area contributed by atoms with E-state index in [-0.39, 0.29) is 0 Å². The predicted octanol–water partition coefficient (Wildman–Crippen LogP) is 3.05. The molecule has 1 aliphatic rings. The highest BCUT2D eigenvalue weighted by molar-refractivity contribution is 8.19. The van der Waals surface area contributed by atoms with E-state index in [0.29, 0.717) is 0 Å². The van der Waals surface area contributed by atoms with E-state index in [4.69, 9.17) is 10.7 Å². The van der Waals surface area contributed by atoms with Gasteiger partial charge in [-0.3, -0.25) is 0 Å². The predicted molar refractivity (Wildman–Crippen MR) is 48.1 cm³/mol. The van der Waals surface area contributed by atoms with Crippen molar-refractivity contribution >= 4 is 21.8 Å². The Morgan fingerprint density at radius 3 is 2.40 bits per heavy atom. The highest BCUT2D eigenvalue weighted by atomic mass is 35.7. The second-order valence-electron chi connectivity index (χ2n) is 2.91. The lowest BCUT2D eigenvalue weighted by Crippen LogP contribution is -2.26. The molecule has 0 saturated heterocycles. The summed E-state index contributed by atoms with van der Waals surface area (Å²) in [6.45, 7) is 0. The van der Waals surface area contributed by atoms with Gasteiger partial charge in [0.1, 0.15) is 0 Å². The van der Waals surface area contributed by atoms with E-state index >= 15 is 0 Å². The van der Waals surface area contributed by atoms with Crippen molar-refractivity contribution in [1.29, 1.82) is 0 Å². The number of hydrogen-bond acceptors (Lipinski definition) is 2. The third-order valence-corrected chi connectivity index (χ3v) is 3.37. The van der Waals surface area contributed by atoms with Gasteiger partial charge >= 0.3 is 0 Å². The highest BCUT2D eigenvalue weighted by Gasteiger charge is 2.17. The normalized spacial score (nSPS) is 21.9. The van der Waals surface area contributed by atoms with Crippen LogP contribution in [-0.2, 0) is 0 Å². The molecular weight excluding hydrogens is 166 g/mol. The zero-order chi connectivity index (χ0) is 7.40. The molecule has 0 unspecified atom stereocenters. The Hall–Kier alpha value is 0.600. The summed E-state index contributed by atoms with van der Waals surface area (Å²) in [6, 6.07) is 0.733. The first-order valence-electron chi connectivity index (χ1n) is 3.86. The van der Waals surface area contributed by atoms with Gasteiger partial charge in [-0.1, -0.05) is 19.3 Å². The second-order valence-corrected chi connectivity index (χ2v) is 4.04. The standard InChI is InChI=1S/C7H14ClNS/c1-9(10-8)7-5-3-2-4-6-7/h7H,2-6H2,1H3. The quantitative estimate of drug-likeness (QED) is 0.600. The van der Waals surface area contributed by atoms with Gasteiger partial charge in [-0.25, -0.2) is 4.31 Å². The van der Waals surface area contributed by atoms with Gasteiger partial charge in [0, 0.05) is 17.2 Å². The molecule has 0 atom stereocenters. The van der Waals surface area contributed by atoms with Crippen molar-refractivity contribution in [2.75, 3.05) is 7.05 Å². The Kier molecular flexibility index (Phi) is 3.89. The lowest BCUT2D eigenvalue weighted by molar-refractivity contribution is 0.307. The Balaban J connectivity index is 2.24. The molecule has 0 spiro atoms. The largest absolute Gasteiger partial charge is 0.237 e. The maximum Gasteiger partial charge on any atom is 0.0307 e. The number of hydrogen-bond donors (Lipinski definition) is 0. The van der Waals surface area contributed by atoms with Crippen molar-refractivity contribution in [3.05, 3.63) is 0 Å². The smallest absolute Gasteiger partial charge is 0.0307 e. The molecule has 1 fully saturated rings. The monoisotopic (exact) mass is 179 g/mol. The number of nitrogens with zero attached hydrogens (tertiary/aromatic N) is 1. The molecule has 0 amide bonds. The van der Waals surface area contributed by atoms with Crippen molar-refractivity contribution in [2.45, 2.75) is 38.1 Å². The maximum absolute atomic E-state index is 5.63. The van der Waals surface area contributed by atoms with E-state index in [0.717, 1.165) is 6.04 Å². The molecule has 0 aromatic heterocycles. The first-order chi connectivity index (χ1) is 4.84. The van der Waals surface area contributed by atoms with E-state index in [1.54, 1.807) is 0 Å². The van der Waals surface area contributed by atoms with Crippen LogP contribution in [0.15, 0.2) is 0 Å². The summed E-state index contributed by atoms with van der Waals surface area (Å²) < 4.78 is 2.17. The minimum absolute atomic E-state index is 0.733. The van der Waals surface area contributed by atoms with E-state index < -0.39 is 0 Å². The first-order valence-corrected chi connectivity index (χ1v) is 5.46. The third-order valence-electron chi connectivity index (χ3n) is 2.20. The molecule has 1 rings (SSSR count). The van der Waals surface area contributed by atoms with Crippen LogP contribution in [0, 0.1) is 0 Å². The van der Waals surface area contributed by atoms with E-state index in [1.165, 1.54) is 43.3 Å². The van der Waals surface area contributed by atoms with E-state index in [9.17, 15) is 0 Å². The van der Waals surface area contributed by atoms with Crippen LogP contribution in [0.3, 0.4) is 0 Å². The molecule has 0 N–H and O–H groups in total. The molecule has 0 heterocycles. The third kappa shape index (κ3) is 2.33. The minimum atomic E-state index is 0.733. The summed E-state index contributed by atoms with van der Waals surface area (Å²) in [5.74, 6) is 0. The maximum atomic E-state index is 5.63. The summed E-state index contributed by atoms with van der Waals surface area (Å²) in [7, 11) is 7.70. The lowest BCUT2D eigenvalue weighted by Gasteiger charge is -2.27. The van der Waals surface area contributed by atoms with Crippen molar-refractivity contribution in [3.63, 3.8) is 0 Å². The highest BCUT2D eigenvalue weighted by Crippen LogP contribution is 2.26. The Labute approximate surface area is 71.7 Å². The van der Waals surface area contributed by atoms with Gasteiger partial charge in [-0.2, -0.15) is 0 Å². The van der Waals surface area contributed by atoms with Crippen molar-refractivity contribution in [2.24, 2.45) is 0 Å². The van der Waals surface area contributed by atoms with Crippen molar-refractivity contribution < 1.29 is 0 Å². The van der Waals surface area contributed by atoms with Gasteiger partial charge in [0.15, 0.2) is 0 Å². The van der Waals surface area contributed by atoms with Crippen LogP contribution >= 0.6 is 21.8 Å². The van der Waals surface area contributed by atoms with E-state index in [1.807, 2.05) is 0 Å². The number of halogens is 1. The topological polar surface area (TPSA) is 3.24 Å². The summed E-state index contributed by atoms with van der Waals surface area (Å²) in [6.07, 6.45) is 6.84. The molecule has 60 valence electrons. The molecule has 1 nitrogen and oxygen atoms in total. The average Bonchev–Trinajstić information content (AvgIpc) is 2.05. The minimum Gasteiger partial charge on any atom is -0.237 e. The van der Waals surface area contributed by atoms with Crippen molar-refractivity contribution in [3.8, 4) is 0 Å². The van der Waals surface area contributed by atoms with Crippen LogP contribution in [0.4, 0.5) is 0 Å². The van der Waals surface area contributed by atoms with Gasteiger partial charge in [0.2, 0.25) is 0 Å². The molecule has 1 aliphatic carbocycles. The summed E-state index contributed by atoms with van der Waals surface area (Å²) in [5, 5.41) is 0. The summed E-state index contributed by atoms with van der Waals surface area (Å²) >= 11 is 1.34. The fourth-order valence-corrected chi connectivity index (χ4v) is 2.16. The molecule has 3 heteroatoms. The van der Waals surface area contributed by atoms with Crippen LogP contribution in [0.25, 0.3) is 0 Å². The van der Waals surface area contributed by atoms with Gasteiger partial charge < -0.3 is 0 Å². The zero-order valence-corrected chi connectivity index (χ0v) is 7.92. The molecule has 0 bridgehead atoms. The second kappa shape index (κ2) is 4.47. The van der Waals surface area contributed by atoms with Crippen LogP contribution in [0.5, 0.6) is 0 Å². The van der Waals surface area contributed by atoms with Crippen molar-refractivity contribution in [1.82, 2.24) is 4.31 Å². The summed E-state index contributed by atoms with van der Waals surface area (Å²) in [5.41, 5.74) is 0. The summed E-state index contributed by atoms with van der Waals surface area (Å²) in [4.78, 5) is 0. The van der Waals surface area contributed by atoms with Gasteiger partial charge in [0.25, 0.3) is 0 Å². The zero-order valence-electron chi connectivity index (χ0n) is 6.35. The molecule has 0 aliphatic heterocycles. The average molecular weight is 180 g/mol. The lowest BCUT2D eigenvalue weighted by atomic mass is 9.96. The molecular formula is C7H14ClNS.